The number of H-pyrrole nitrogens is 1. The van der Waals surface area contributed by atoms with Gasteiger partial charge in [-0.1, -0.05) is 6.07 Å². The van der Waals surface area contributed by atoms with Crippen LogP contribution in [-0.4, -0.2) is 46.7 Å². The van der Waals surface area contributed by atoms with Gasteiger partial charge in [-0.3, -0.25) is 14.7 Å². The van der Waals surface area contributed by atoms with Crippen molar-refractivity contribution >= 4 is 0 Å². The number of ether oxygens (including phenoxy) is 2. The highest BCUT2D eigenvalue weighted by Gasteiger charge is 2.26. The molecule has 1 N–H and O–H groups in total. The van der Waals surface area contributed by atoms with E-state index in [1.807, 2.05) is 31.2 Å². The largest absolute Gasteiger partial charge is 0.493 e. The van der Waals surface area contributed by atoms with E-state index in [0.717, 1.165) is 48.8 Å². The van der Waals surface area contributed by atoms with Gasteiger partial charge in [0.2, 0.25) is 0 Å². The van der Waals surface area contributed by atoms with Crippen LogP contribution in [0.1, 0.15) is 30.5 Å². The van der Waals surface area contributed by atoms with Gasteiger partial charge in [-0.15, -0.1) is 0 Å². The molecule has 3 heterocycles. The van der Waals surface area contributed by atoms with Crippen molar-refractivity contribution in [2.45, 2.75) is 25.8 Å². The minimum atomic E-state index is -0.123. The number of likely N-dealkylation sites (tertiary alicyclic amines) is 1. The van der Waals surface area contributed by atoms with Crippen LogP contribution in [0, 0.1) is 0 Å². The van der Waals surface area contributed by atoms with E-state index >= 15 is 0 Å². The zero-order valence-electron chi connectivity index (χ0n) is 17.3. The third kappa shape index (κ3) is 4.52. The van der Waals surface area contributed by atoms with Gasteiger partial charge in [-0.25, -0.2) is 4.98 Å². The van der Waals surface area contributed by atoms with Crippen molar-refractivity contribution in [1.82, 2.24) is 19.9 Å². The number of aromatic amines is 1. The van der Waals surface area contributed by atoms with Crippen LogP contribution in [0.3, 0.4) is 0 Å². The van der Waals surface area contributed by atoms with Crippen LogP contribution in [-0.2, 0) is 6.54 Å². The molecule has 4 rings (SSSR count). The Kier molecular flexibility index (Phi) is 6.09. The topological polar surface area (TPSA) is 80.3 Å². The molecule has 1 aromatic carbocycles. The smallest absolute Gasteiger partial charge is 0.251 e. The lowest BCUT2D eigenvalue weighted by Crippen LogP contribution is -2.21. The van der Waals surface area contributed by atoms with Crippen molar-refractivity contribution in [1.29, 1.82) is 0 Å². The fourth-order valence-corrected chi connectivity index (χ4v) is 3.90. The molecule has 7 heteroatoms. The van der Waals surface area contributed by atoms with E-state index in [2.05, 4.69) is 20.9 Å². The van der Waals surface area contributed by atoms with Crippen molar-refractivity contribution < 1.29 is 9.47 Å². The summed E-state index contributed by atoms with van der Waals surface area (Å²) in [6, 6.07) is 11.4. The second kappa shape index (κ2) is 9.09. The number of benzene rings is 1. The van der Waals surface area contributed by atoms with Gasteiger partial charge in [0.05, 0.1) is 19.4 Å². The summed E-state index contributed by atoms with van der Waals surface area (Å²) in [6.07, 6.45) is 4.37. The van der Waals surface area contributed by atoms with E-state index in [9.17, 15) is 4.79 Å². The molecular formula is C23H26N4O3. The molecule has 0 unspecified atom stereocenters. The number of nitrogens with zero attached hydrogens (tertiary/aromatic N) is 3. The Hall–Kier alpha value is -3.19. The first-order chi connectivity index (χ1) is 14.7. The maximum atomic E-state index is 12.2. The zero-order chi connectivity index (χ0) is 20.9. The predicted octanol–water partition coefficient (Wildman–Crippen LogP) is 3.23. The Morgan fingerprint density at radius 3 is 2.77 bits per heavy atom. The highest BCUT2D eigenvalue weighted by Crippen LogP contribution is 2.31. The molecule has 156 valence electrons. The lowest BCUT2D eigenvalue weighted by molar-refractivity contribution is 0.305. The third-order valence-electron chi connectivity index (χ3n) is 5.34. The number of hydrogen-bond acceptors (Lipinski definition) is 6. The molecule has 0 saturated carbocycles. The molecule has 1 aliphatic rings. The van der Waals surface area contributed by atoms with E-state index in [1.54, 1.807) is 25.6 Å². The maximum Gasteiger partial charge on any atom is 0.251 e. The highest BCUT2D eigenvalue weighted by atomic mass is 16.5. The minimum absolute atomic E-state index is 0.123. The van der Waals surface area contributed by atoms with Gasteiger partial charge >= 0.3 is 0 Å². The van der Waals surface area contributed by atoms with E-state index in [0.29, 0.717) is 12.4 Å². The van der Waals surface area contributed by atoms with Crippen LogP contribution in [0.15, 0.2) is 53.6 Å². The molecule has 2 aromatic heterocycles. The number of methoxy groups -OCH3 is 1. The molecular weight excluding hydrogens is 380 g/mol. The summed E-state index contributed by atoms with van der Waals surface area (Å²) in [7, 11) is 1.65. The molecule has 0 spiro atoms. The lowest BCUT2D eigenvalue weighted by Gasteiger charge is -2.18. The second-order valence-electron chi connectivity index (χ2n) is 7.39. The van der Waals surface area contributed by atoms with Crippen molar-refractivity contribution in [2.75, 3.05) is 26.8 Å². The summed E-state index contributed by atoms with van der Waals surface area (Å²) >= 11 is 0. The zero-order valence-corrected chi connectivity index (χ0v) is 17.3. The van der Waals surface area contributed by atoms with Gasteiger partial charge in [0.15, 0.2) is 11.5 Å². The Bertz CT molecular complexity index is 1050. The van der Waals surface area contributed by atoms with Crippen molar-refractivity contribution in [3.8, 4) is 22.9 Å². The summed E-state index contributed by atoms with van der Waals surface area (Å²) in [5.74, 6) is 2.34. The monoisotopic (exact) mass is 406 g/mol. The van der Waals surface area contributed by atoms with Crippen molar-refractivity contribution in [2.24, 2.45) is 0 Å². The maximum absolute atomic E-state index is 12.2. The van der Waals surface area contributed by atoms with Crippen molar-refractivity contribution in [3.05, 3.63) is 70.4 Å². The van der Waals surface area contributed by atoms with Gasteiger partial charge in [-0.05, 0) is 49.7 Å². The van der Waals surface area contributed by atoms with Gasteiger partial charge in [0.1, 0.15) is 5.82 Å². The van der Waals surface area contributed by atoms with Crippen LogP contribution in [0.25, 0.3) is 11.4 Å². The third-order valence-corrected chi connectivity index (χ3v) is 5.34. The molecule has 3 aromatic rings. The predicted molar refractivity (Wildman–Crippen MR) is 115 cm³/mol. The molecule has 30 heavy (non-hydrogen) atoms. The molecule has 0 aliphatic carbocycles. The Morgan fingerprint density at radius 1 is 1.17 bits per heavy atom. The fraction of sp³-hybridized carbons (Fsp3) is 0.348. The van der Waals surface area contributed by atoms with E-state index in [1.165, 1.54) is 5.56 Å². The fourth-order valence-electron chi connectivity index (χ4n) is 3.90. The quantitative estimate of drug-likeness (QED) is 0.649. The minimum Gasteiger partial charge on any atom is -0.493 e. The number of nitrogens with one attached hydrogen (secondary N) is 1. The van der Waals surface area contributed by atoms with Gasteiger partial charge in [-0.2, -0.15) is 0 Å². The number of pyridine rings is 1. The van der Waals surface area contributed by atoms with Gasteiger partial charge in [0.25, 0.3) is 5.56 Å². The van der Waals surface area contributed by atoms with Crippen LogP contribution in [0.4, 0.5) is 0 Å². The molecule has 0 amide bonds. The molecule has 0 bridgehead atoms. The molecule has 1 saturated heterocycles. The molecule has 1 atom stereocenters. The van der Waals surface area contributed by atoms with E-state index < -0.39 is 0 Å². The number of hydrogen-bond donors (Lipinski definition) is 1. The second-order valence-corrected chi connectivity index (χ2v) is 7.39. The summed E-state index contributed by atoms with van der Waals surface area (Å²) < 4.78 is 11.1. The Balaban J connectivity index is 1.48. The lowest BCUT2D eigenvalue weighted by atomic mass is 10.0. The SMILES string of the molecule is CCOc1cc(CN2CC[C@@H](c3cc(=O)[nH]c(-c4ccncc4)n3)C2)ccc1OC. The molecule has 1 aliphatic heterocycles. The first kappa shape index (κ1) is 20.1. The summed E-state index contributed by atoms with van der Waals surface area (Å²) in [4.78, 5) is 26.2. The number of rotatable bonds is 7. The van der Waals surface area contributed by atoms with Gasteiger partial charge < -0.3 is 14.5 Å². The summed E-state index contributed by atoms with van der Waals surface area (Å²) in [5, 5.41) is 0. The van der Waals surface area contributed by atoms with E-state index in [-0.39, 0.29) is 11.5 Å². The standard InChI is InChI=1S/C23H26N4O3/c1-3-30-21-12-16(4-5-20(21)29-2)14-27-11-8-18(15-27)19-13-22(28)26-23(25-19)17-6-9-24-10-7-17/h4-7,9-10,12-13,18H,3,8,11,14-15H2,1-2H3,(H,25,26,28)/t18-/m1/s1. The van der Waals surface area contributed by atoms with Crippen LogP contribution < -0.4 is 15.0 Å². The molecule has 0 radical (unpaired) electrons. The van der Waals surface area contributed by atoms with E-state index in [4.69, 9.17) is 14.5 Å². The average molecular weight is 406 g/mol. The Labute approximate surface area is 175 Å². The normalized spacial score (nSPS) is 16.5. The Morgan fingerprint density at radius 2 is 2.00 bits per heavy atom. The first-order valence-electron chi connectivity index (χ1n) is 10.2. The van der Waals surface area contributed by atoms with Gasteiger partial charge in [0, 0.05) is 43.0 Å². The molecule has 7 nitrogen and oxygen atoms in total. The average Bonchev–Trinajstić information content (AvgIpc) is 3.23. The number of aromatic nitrogens is 3. The molecule has 1 fully saturated rings. The highest BCUT2D eigenvalue weighted by molar-refractivity contribution is 5.53. The van der Waals surface area contributed by atoms with Crippen LogP contribution >= 0.6 is 0 Å². The van der Waals surface area contributed by atoms with Crippen LogP contribution in [0.2, 0.25) is 0 Å². The van der Waals surface area contributed by atoms with Crippen molar-refractivity contribution in [3.63, 3.8) is 0 Å². The summed E-state index contributed by atoms with van der Waals surface area (Å²) in [6.45, 7) is 5.20. The first-order valence-corrected chi connectivity index (χ1v) is 10.2. The van der Waals surface area contributed by atoms with Crippen LogP contribution in [0.5, 0.6) is 11.5 Å². The summed E-state index contributed by atoms with van der Waals surface area (Å²) in [5.41, 5.74) is 2.76.